The standard InChI is InChI=1S/C25H15F3N2O5S/c26-25(27,28)16-5-3-15(4-6-16)24(32)17(9-13-1-7-18-19(10-13)30-36-29-18)22(23(31)35-24)14-2-8-20-21(11-14)34-12-33-20/h1-8,10-11,32H,9,12H2. The van der Waals surface area contributed by atoms with Crippen LogP contribution in [0.1, 0.15) is 22.3 Å². The van der Waals surface area contributed by atoms with Crippen molar-refractivity contribution in [2.75, 3.05) is 6.79 Å². The van der Waals surface area contributed by atoms with Crippen LogP contribution >= 0.6 is 11.7 Å². The Kier molecular flexibility index (Phi) is 5.02. The van der Waals surface area contributed by atoms with E-state index in [0.29, 0.717) is 33.7 Å². The van der Waals surface area contributed by atoms with Gasteiger partial charge in [0.25, 0.3) is 5.79 Å². The number of cyclic esters (lactones) is 1. The van der Waals surface area contributed by atoms with Gasteiger partial charge in [-0.15, -0.1) is 0 Å². The maximum absolute atomic E-state index is 13.1. The minimum atomic E-state index is -4.55. The number of aliphatic hydroxyl groups is 1. The Labute approximate surface area is 205 Å². The number of ether oxygens (including phenoxy) is 3. The number of halogens is 3. The van der Waals surface area contributed by atoms with E-state index in [1.54, 1.807) is 36.4 Å². The topological polar surface area (TPSA) is 90.8 Å². The summed E-state index contributed by atoms with van der Waals surface area (Å²) in [7, 11) is 0. The summed E-state index contributed by atoms with van der Waals surface area (Å²) >= 11 is 1.06. The third kappa shape index (κ3) is 3.67. The zero-order chi connectivity index (χ0) is 25.1. The second-order valence-corrected chi connectivity index (χ2v) is 8.82. The summed E-state index contributed by atoms with van der Waals surface area (Å²) in [6.07, 6.45) is -4.50. The molecular weight excluding hydrogens is 497 g/mol. The molecule has 0 saturated heterocycles. The molecule has 6 rings (SSSR count). The number of carbonyl (C=O) groups is 1. The van der Waals surface area contributed by atoms with Gasteiger partial charge in [0.05, 0.1) is 22.9 Å². The largest absolute Gasteiger partial charge is 0.454 e. The highest BCUT2D eigenvalue weighted by molar-refractivity contribution is 7.00. The molecule has 36 heavy (non-hydrogen) atoms. The molecule has 1 atom stereocenters. The third-order valence-corrected chi connectivity index (χ3v) is 6.68. The Morgan fingerprint density at radius 1 is 0.944 bits per heavy atom. The van der Waals surface area contributed by atoms with Gasteiger partial charge in [-0.2, -0.15) is 21.9 Å². The number of benzene rings is 3. The van der Waals surface area contributed by atoms with Gasteiger partial charge in [-0.25, -0.2) is 4.79 Å². The lowest BCUT2D eigenvalue weighted by Crippen LogP contribution is -2.30. The Morgan fingerprint density at radius 2 is 1.69 bits per heavy atom. The van der Waals surface area contributed by atoms with Crippen molar-refractivity contribution < 1.29 is 37.3 Å². The lowest BCUT2D eigenvalue weighted by atomic mass is 9.87. The van der Waals surface area contributed by atoms with E-state index in [1.807, 2.05) is 0 Å². The molecule has 0 spiro atoms. The lowest BCUT2D eigenvalue weighted by Gasteiger charge is -2.26. The van der Waals surface area contributed by atoms with E-state index in [1.165, 1.54) is 0 Å². The van der Waals surface area contributed by atoms with Gasteiger partial charge in [-0.3, -0.25) is 0 Å². The number of carbonyl (C=O) groups excluding carboxylic acids is 1. The number of aromatic nitrogens is 2. The van der Waals surface area contributed by atoms with Crippen LogP contribution in [0.4, 0.5) is 13.2 Å². The predicted octanol–water partition coefficient (Wildman–Crippen LogP) is 4.84. The molecule has 7 nitrogen and oxygen atoms in total. The highest BCUT2D eigenvalue weighted by atomic mass is 32.1. The molecule has 11 heteroatoms. The van der Waals surface area contributed by atoms with E-state index in [0.717, 1.165) is 36.0 Å². The van der Waals surface area contributed by atoms with Crippen molar-refractivity contribution in [2.45, 2.75) is 18.4 Å². The summed E-state index contributed by atoms with van der Waals surface area (Å²) in [6.45, 7) is 0.0340. The van der Waals surface area contributed by atoms with Crippen LogP contribution in [0.3, 0.4) is 0 Å². The Bertz CT molecular complexity index is 1550. The van der Waals surface area contributed by atoms with Gasteiger partial charge in [-0.05, 0) is 47.5 Å². The van der Waals surface area contributed by atoms with Crippen LogP contribution in [0.2, 0.25) is 0 Å². The molecule has 2 aliphatic heterocycles. The third-order valence-electron chi connectivity index (χ3n) is 6.12. The normalized spacial score (nSPS) is 19.3. The van der Waals surface area contributed by atoms with Gasteiger partial charge in [0.1, 0.15) is 11.0 Å². The Hall–Kier alpha value is -3.96. The summed E-state index contributed by atoms with van der Waals surface area (Å²) < 4.78 is 64.0. The van der Waals surface area contributed by atoms with E-state index in [9.17, 15) is 23.1 Å². The molecule has 2 aliphatic rings. The molecule has 0 fully saturated rings. The quantitative estimate of drug-likeness (QED) is 0.392. The average molecular weight is 512 g/mol. The van der Waals surface area contributed by atoms with Gasteiger partial charge in [-0.1, -0.05) is 24.3 Å². The molecule has 0 saturated carbocycles. The molecule has 1 aromatic heterocycles. The summed E-state index contributed by atoms with van der Waals surface area (Å²) in [5.41, 5.74) is 1.83. The number of rotatable bonds is 4. The zero-order valence-electron chi connectivity index (χ0n) is 18.2. The van der Waals surface area contributed by atoms with Crippen LogP contribution in [0, 0.1) is 0 Å². The number of fused-ring (bicyclic) bond motifs is 2. The first-order valence-corrected chi connectivity index (χ1v) is 11.4. The molecule has 3 heterocycles. The van der Waals surface area contributed by atoms with Crippen molar-refractivity contribution in [2.24, 2.45) is 0 Å². The molecule has 1 N–H and O–H groups in total. The number of alkyl halides is 3. The van der Waals surface area contributed by atoms with Crippen LogP contribution in [-0.2, 0) is 27.9 Å². The van der Waals surface area contributed by atoms with Gasteiger partial charge in [0.15, 0.2) is 11.5 Å². The second-order valence-electron chi connectivity index (χ2n) is 8.29. The van der Waals surface area contributed by atoms with Crippen LogP contribution in [0.5, 0.6) is 11.5 Å². The molecule has 1 unspecified atom stereocenters. The first-order chi connectivity index (χ1) is 17.2. The summed E-state index contributed by atoms with van der Waals surface area (Å²) in [5, 5.41) is 11.7. The maximum atomic E-state index is 13.1. The Balaban J connectivity index is 1.50. The molecule has 4 aromatic rings. The summed E-state index contributed by atoms with van der Waals surface area (Å²) in [4.78, 5) is 13.1. The zero-order valence-corrected chi connectivity index (χ0v) is 19.0. The average Bonchev–Trinajstić information content (AvgIpc) is 3.56. The van der Waals surface area contributed by atoms with E-state index >= 15 is 0 Å². The molecular formula is C25H15F3N2O5S. The molecule has 0 aliphatic carbocycles. The lowest BCUT2D eigenvalue weighted by molar-refractivity contribution is -0.185. The number of hydrogen-bond acceptors (Lipinski definition) is 8. The van der Waals surface area contributed by atoms with Crippen LogP contribution in [-0.4, -0.2) is 26.6 Å². The predicted molar refractivity (Wildman–Crippen MR) is 122 cm³/mol. The van der Waals surface area contributed by atoms with Gasteiger partial charge in [0.2, 0.25) is 6.79 Å². The van der Waals surface area contributed by atoms with E-state index in [-0.39, 0.29) is 29.9 Å². The van der Waals surface area contributed by atoms with Gasteiger partial charge in [0, 0.05) is 17.6 Å². The van der Waals surface area contributed by atoms with Crippen LogP contribution < -0.4 is 9.47 Å². The minimum Gasteiger partial charge on any atom is -0.454 e. The fraction of sp³-hybridized carbons (Fsp3) is 0.160. The molecule has 3 aromatic carbocycles. The Morgan fingerprint density at radius 3 is 2.47 bits per heavy atom. The number of nitrogens with zero attached hydrogens (tertiary/aromatic N) is 2. The van der Waals surface area contributed by atoms with Gasteiger partial charge >= 0.3 is 12.1 Å². The fourth-order valence-corrected chi connectivity index (χ4v) is 4.87. The van der Waals surface area contributed by atoms with E-state index < -0.39 is 23.5 Å². The number of hydrogen-bond donors (Lipinski definition) is 1. The van der Waals surface area contributed by atoms with Gasteiger partial charge < -0.3 is 19.3 Å². The molecule has 0 amide bonds. The molecule has 0 radical (unpaired) electrons. The van der Waals surface area contributed by atoms with Crippen molar-refractivity contribution in [3.8, 4) is 11.5 Å². The highest BCUT2D eigenvalue weighted by Gasteiger charge is 2.48. The van der Waals surface area contributed by atoms with Crippen LogP contribution in [0.15, 0.2) is 66.2 Å². The van der Waals surface area contributed by atoms with Crippen molar-refractivity contribution in [3.05, 3.63) is 88.5 Å². The first kappa shape index (κ1) is 22.5. The minimum absolute atomic E-state index is 0.00834. The molecule has 0 bridgehead atoms. The van der Waals surface area contributed by atoms with Crippen molar-refractivity contribution in [3.63, 3.8) is 0 Å². The smallest absolute Gasteiger partial charge is 0.416 e. The second kappa shape index (κ2) is 8.04. The SMILES string of the molecule is O=C1OC(O)(c2ccc(C(F)(F)F)cc2)C(Cc2ccc3nsnc3c2)=C1c1ccc2c(c1)OCO2. The fourth-order valence-electron chi connectivity index (χ4n) is 4.35. The van der Waals surface area contributed by atoms with E-state index in [2.05, 4.69) is 8.75 Å². The maximum Gasteiger partial charge on any atom is 0.416 e. The molecule has 182 valence electrons. The van der Waals surface area contributed by atoms with E-state index in [4.69, 9.17) is 14.2 Å². The van der Waals surface area contributed by atoms with Crippen molar-refractivity contribution >= 4 is 34.3 Å². The monoisotopic (exact) mass is 512 g/mol. The summed E-state index contributed by atoms with van der Waals surface area (Å²) in [5.74, 6) is -2.18. The van der Waals surface area contributed by atoms with Crippen molar-refractivity contribution in [1.29, 1.82) is 0 Å². The van der Waals surface area contributed by atoms with Crippen molar-refractivity contribution in [1.82, 2.24) is 8.75 Å². The first-order valence-electron chi connectivity index (χ1n) is 10.7. The highest BCUT2D eigenvalue weighted by Crippen LogP contribution is 2.46. The van der Waals surface area contributed by atoms with Crippen LogP contribution in [0.25, 0.3) is 16.6 Å². The summed E-state index contributed by atoms with van der Waals surface area (Å²) in [6, 6.07) is 14.1. The number of esters is 1.